The fourth-order valence-electron chi connectivity index (χ4n) is 1.19. The number of azide groups is 1. The number of hydrogen-bond acceptors (Lipinski definition) is 2. The van der Waals surface area contributed by atoms with Gasteiger partial charge < -0.3 is 0 Å². The lowest BCUT2D eigenvalue weighted by Crippen LogP contribution is -1.87. The predicted molar refractivity (Wildman–Crippen MR) is 61.3 cm³/mol. The average molecular weight is 210 g/mol. The molecule has 0 aliphatic heterocycles. The molecule has 1 aromatic carbocycles. The van der Waals surface area contributed by atoms with Crippen molar-refractivity contribution in [3.63, 3.8) is 0 Å². The molecule has 0 fully saturated rings. The highest BCUT2D eigenvalue weighted by atomic mass is 15.1. The molecule has 1 rings (SSSR count). The first-order valence-corrected chi connectivity index (χ1v) is 4.83. The Balaban J connectivity index is 2.72. The SMILES string of the molecule is N#CCc1ccccc1C#CCCN=[N+]=[N-]. The third kappa shape index (κ3) is 3.75. The second kappa shape index (κ2) is 6.95. The Morgan fingerprint density at radius 1 is 1.38 bits per heavy atom. The van der Waals surface area contributed by atoms with Crippen molar-refractivity contribution in [3.05, 3.63) is 45.8 Å². The first kappa shape index (κ1) is 11.7. The van der Waals surface area contributed by atoms with E-state index in [-0.39, 0.29) is 0 Å². The Hall–Kier alpha value is -2.42. The fourth-order valence-corrected chi connectivity index (χ4v) is 1.19. The molecule has 78 valence electrons. The van der Waals surface area contributed by atoms with Gasteiger partial charge in [0, 0.05) is 23.4 Å². The molecular weight excluding hydrogens is 200 g/mol. The normalized spacial score (nSPS) is 8.19. The van der Waals surface area contributed by atoms with E-state index < -0.39 is 0 Å². The van der Waals surface area contributed by atoms with Crippen LogP contribution in [0.15, 0.2) is 29.4 Å². The summed E-state index contributed by atoms with van der Waals surface area (Å²) in [6, 6.07) is 9.65. The molecule has 0 N–H and O–H groups in total. The molecule has 4 nitrogen and oxygen atoms in total. The number of hydrogen-bond donors (Lipinski definition) is 0. The van der Waals surface area contributed by atoms with Crippen LogP contribution in [-0.2, 0) is 6.42 Å². The summed E-state index contributed by atoms with van der Waals surface area (Å²) in [6.07, 6.45) is 0.895. The minimum absolute atomic E-state index is 0.362. The fraction of sp³-hybridized carbons (Fsp3) is 0.250. The van der Waals surface area contributed by atoms with Crippen LogP contribution in [0.5, 0.6) is 0 Å². The maximum atomic E-state index is 8.63. The van der Waals surface area contributed by atoms with Crippen LogP contribution in [0.2, 0.25) is 0 Å². The largest absolute Gasteiger partial charge is 0.198 e. The molecule has 0 amide bonds. The molecule has 0 aromatic heterocycles. The molecule has 0 radical (unpaired) electrons. The average Bonchev–Trinajstić information content (AvgIpc) is 2.31. The molecule has 0 heterocycles. The van der Waals surface area contributed by atoms with E-state index in [2.05, 4.69) is 27.9 Å². The smallest absolute Gasteiger partial charge is 0.0670 e. The maximum absolute atomic E-state index is 8.63. The summed E-state index contributed by atoms with van der Waals surface area (Å²) >= 11 is 0. The van der Waals surface area contributed by atoms with E-state index in [9.17, 15) is 0 Å². The van der Waals surface area contributed by atoms with Crippen molar-refractivity contribution in [1.82, 2.24) is 0 Å². The zero-order valence-corrected chi connectivity index (χ0v) is 8.72. The predicted octanol–water partition coefficient (Wildman–Crippen LogP) is 2.80. The Labute approximate surface area is 94.1 Å². The second-order valence-electron chi connectivity index (χ2n) is 3.00. The molecule has 0 aliphatic rings. The van der Waals surface area contributed by atoms with Crippen LogP contribution in [0.3, 0.4) is 0 Å². The molecule has 0 atom stereocenters. The van der Waals surface area contributed by atoms with Crippen molar-refractivity contribution < 1.29 is 0 Å². The van der Waals surface area contributed by atoms with Crippen LogP contribution in [-0.4, -0.2) is 6.54 Å². The van der Waals surface area contributed by atoms with Crippen molar-refractivity contribution in [1.29, 1.82) is 5.26 Å². The van der Waals surface area contributed by atoms with Gasteiger partial charge in [-0.05, 0) is 17.2 Å². The Morgan fingerprint density at radius 3 is 2.94 bits per heavy atom. The first-order valence-electron chi connectivity index (χ1n) is 4.83. The van der Waals surface area contributed by atoms with Crippen LogP contribution < -0.4 is 0 Å². The summed E-state index contributed by atoms with van der Waals surface area (Å²) in [5, 5.41) is 12.0. The standard InChI is InChI=1S/C12H10N4/c13-9-8-12-6-2-1-5-11(12)7-3-4-10-15-16-14/h1-2,5-6H,4,8,10H2. The Kier molecular flexibility index (Phi) is 5.06. The molecule has 0 bridgehead atoms. The molecule has 0 saturated heterocycles. The topological polar surface area (TPSA) is 72.5 Å². The van der Waals surface area contributed by atoms with Crippen molar-refractivity contribution >= 4 is 0 Å². The monoisotopic (exact) mass is 210 g/mol. The number of benzene rings is 1. The highest BCUT2D eigenvalue weighted by Gasteiger charge is 1.96. The van der Waals surface area contributed by atoms with Gasteiger partial charge in [0.2, 0.25) is 0 Å². The summed E-state index contributed by atoms with van der Waals surface area (Å²) in [7, 11) is 0. The molecule has 16 heavy (non-hydrogen) atoms. The number of nitriles is 1. The van der Waals surface area contributed by atoms with Gasteiger partial charge in [0.15, 0.2) is 0 Å². The third-order valence-electron chi connectivity index (χ3n) is 1.91. The molecule has 0 saturated carbocycles. The summed E-state index contributed by atoms with van der Waals surface area (Å²) in [5.74, 6) is 5.88. The lowest BCUT2D eigenvalue weighted by Gasteiger charge is -1.97. The molecule has 4 heteroatoms. The van der Waals surface area contributed by atoms with E-state index in [0.717, 1.165) is 11.1 Å². The van der Waals surface area contributed by atoms with Crippen molar-refractivity contribution in [2.75, 3.05) is 6.54 Å². The van der Waals surface area contributed by atoms with Crippen molar-refractivity contribution in [3.8, 4) is 17.9 Å². The van der Waals surface area contributed by atoms with E-state index in [1.807, 2.05) is 24.3 Å². The Bertz CT molecular complexity index is 496. The van der Waals surface area contributed by atoms with Gasteiger partial charge in [0.1, 0.15) is 0 Å². The van der Waals surface area contributed by atoms with Gasteiger partial charge in [0.05, 0.1) is 12.5 Å². The van der Waals surface area contributed by atoms with Gasteiger partial charge >= 0.3 is 0 Å². The zero-order valence-electron chi connectivity index (χ0n) is 8.72. The molecule has 0 spiro atoms. The molecule has 0 aliphatic carbocycles. The highest BCUT2D eigenvalue weighted by molar-refractivity contribution is 5.42. The van der Waals surface area contributed by atoms with E-state index in [1.54, 1.807) is 0 Å². The van der Waals surface area contributed by atoms with Crippen LogP contribution in [0.4, 0.5) is 0 Å². The second-order valence-corrected chi connectivity index (χ2v) is 3.00. The van der Waals surface area contributed by atoms with E-state index >= 15 is 0 Å². The van der Waals surface area contributed by atoms with Gasteiger partial charge in [-0.3, -0.25) is 0 Å². The first-order chi connectivity index (χ1) is 7.88. The third-order valence-corrected chi connectivity index (χ3v) is 1.91. The minimum Gasteiger partial charge on any atom is -0.198 e. The lowest BCUT2D eigenvalue weighted by atomic mass is 10.1. The van der Waals surface area contributed by atoms with E-state index in [1.165, 1.54) is 0 Å². The quantitative estimate of drug-likeness (QED) is 0.248. The maximum Gasteiger partial charge on any atom is 0.0670 e. The summed E-state index contributed by atoms with van der Waals surface area (Å²) in [6.45, 7) is 0.379. The number of rotatable bonds is 3. The van der Waals surface area contributed by atoms with Crippen LogP contribution in [0, 0.1) is 23.2 Å². The minimum atomic E-state index is 0.362. The van der Waals surface area contributed by atoms with Crippen molar-refractivity contribution in [2.24, 2.45) is 5.11 Å². The Morgan fingerprint density at radius 2 is 2.19 bits per heavy atom. The summed E-state index contributed by atoms with van der Waals surface area (Å²) in [5.41, 5.74) is 9.87. The van der Waals surface area contributed by atoms with Gasteiger partial charge in [-0.15, -0.1) is 0 Å². The van der Waals surface area contributed by atoms with Crippen LogP contribution in [0.1, 0.15) is 17.5 Å². The van der Waals surface area contributed by atoms with Gasteiger partial charge in [0.25, 0.3) is 0 Å². The molecule has 1 aromatic rings. The van der Waals surface area contributed by atoms with E-state index in [4.69, 9.17) is 10.8 Å². The highest BCUT2D eigenvalue weighted by Crippen LogP contribution is 2.07. The summed E-state index contributed by atoms with van der Waals surface area (Å²) in [4.78, 5) is 2.64. The van der Waals surface area contributed by atoms with Crippen molar-refractivity contribution in [2.45, 2.75) is 12.8 Å². The van der Waals surface area contributed by atoms with Crippen LogP contribution >= 0.6 is 0 Å². The molecular formula is C12H10N4. The zero-order chi connectivity index (χ0) is 11.6. The van der Waals surface area contributed by atoms with Gasteiger partial charge in [-0.25, -0.2) is 0 Å². The van der Waals surface area contributed by atoms with E-state index in [0.29, 0.717) is 19.4 Å². The van der Waals surface area contributed by atoms with Gasteiger partial charge in [-0.1, -0.05) is 35.2 Å². The van der Waals surface area contributed by atoms with Crippen LogP contribution in [0.25, 0.3) is 10.4 Å². The van der Waals surface area contributed by atoms with Gasteiger partial charge in [-0.2, -0.15) is 5.26 Å². The number of nitrogens with zero attached hydrogens (tertiary/aromatic N) is 4. The summed E-state index contributed by atoms with van der Waals surface area (Å²) < 4.78 is 0. The lowest BCUT2D eigenvalue weighted by molar-refractivity contribution is 1.01. The molecule has 0 unspecified atom stereocenters.